The summed E-state index contributed by atoms with van der Waals surface area (Å²) in [6, 6.07) is 13.0. The normalized spacial score (nSPS) is 20.8. The van der Waals surface area contributed by atoms with Gasteiger partial charge >= 0.3 is 12.1 Å². The number of benzene rings is 1. The molecule has 2 aliphatic rings. The minimum atomic E-state index is -5.08. The zero-order chi connectivity index (χ0) is 27.9. The Morgan fingerprint density at radius 1 is 1.11 bits per heavy atom. The van der Waals surface area contributed by atoms with Crippen LogP contribution in [0.5, 0.6) is 0 Å². The second kappa shape index (κ2) is 12.7. The van der Waals surface area contributed by atoms with Crippen molar-refractivity contribution in [2.24, 2.45) is 11.7 Å². The summed E-state index contributed by atoms with van der Waals surface area (Å²) in [5.41, 5.74) is 7.42. The Kier molecular flexibility index (Phi) is 9.82. The first-order chi connectivity index (χ1) is 17.9. The van der Waals surface area contributed by atoms with E-state index in [1.165, 1.54) is 16.6 Å². The summed E-state index contributed by atoms with van der Waals surface area (Å²) in [4.78, 5) is 28.0. The Hall–Kier alpha value is -3.07. The molecule has 14 heteroatoms. The molecule has 3 heterocycles. The number of nitrogens with two attached hydrogens (primary N) is 1. The van der Waals surface area contributed by atoms with E-state index in [9.17, 15) is 26.4 Å². The van der Waals surface area contributed by atoms with Crippen LogP contribution in [0.25, 0.3) is 0 Å². The van der Waals surface area contributed by atoms with E-state index in [1.54, 1.807) is 11.0 Å². The van der Waals surface area contributed by atoms with Crippen LogP contribution in [0.2, 0.25) is 0 Å². The maximum atomic E-state index is 13.5. The van der Waals surface area contributed by atoms with Crippen LogP contribution in [0.15, 0.2) is 53.7 Å². The fourth-order valence-corrected chi connectivity index (χ4v) is 5.80. The fourth-order valence-electron chi connectivity index (χ4n) is 4.29. The van der Waals surface area contributed by atoms with Crippen LogP contribution in [0.3, 0.4) is 0 Å². The SMILES string of the molecule is NCc1ccnc(S(=O)(=O)N2C[C@H](C(=O)N3CCOCC3)C[C@H](c3ccccc3)C2)c1.O=C(O)C(F)(F)F. The number of carboxylic acids is 1. The second-order valence-electron chi connectivity index (χ2n) is 8.81. The van der Waals surface area contributed by atoms with E-state index in [4.69, 9.17) is 20.4 Å². The van der Waals surface area contributed by atoms with Gasteiger partial charge < -0.3 is 20.5 Å². The molecule has 208 valence electrons. The Bertz CT molecular complexity index is 1210. The number of nitrogens with zero attached hydrogens (tertiary/aromatic N) is 3. The molecular formula is C24H29F3N4O6S. The van der Waals surface area contributed by atoms with E-state index in [2.05, 4.69) is 4.98 Å². The molecule has 38 heavy (non-hydrogen) atoms. The quantitative estimate of drug-likeness (QED) is 0.566. The molecule has 2 fully saturated rings. The summed E-state index contributed by atoms with van der Waals surface area (Å²) in [6.45, 7) is 2.80. The molecule has 0 bridgehead atoms. The molecule has 2 aromatic rings. The van der Waals surface area contributed by atoms with Crippen LogP contribution in [-0.4, -0.2) is 85.2 Å². The number of morpholine rings is 1. The number of aromatic nitrogens is 1. The molecule has 10 nitrogen and oxygen atoms in total. The molecule has 2 aliphatic heterocycles. The van der Waals surface area contributed by atoms with Crippen LogP contribution < -0.4 is 5.73 Å². The molecular weight excluding hydrogens is 529 g/mol. The number of ether oxygens (including phenoxy) is 1. The predicted molar refractivity (Wildman–Crippen MR) is 129 cm³/mol. The van der Waals surface area contributed by atoms with Gasteiger partial charge in [-0.05, 0) is 35.6 Å². The molecule has 2 atom stereocenters. The number of alkyl halides is 3. The third kappa shape index (κ3) is 7.49. The third-order valence-corrected chi connectivity index (χ3v) is 7.97. The highest BCUT2D eigenvalue weighted by atomic mass is 32.2. The molecule has 0 saturated carbocycles. The number of halogens is 3. The lowest BCUT2D eigenvalue weighted by Crippen LogP contribution is -2.51. The molecule has 0 aliphatic carbocycles. The number of amides is 1. The summed E-state index contributed by atoms with van der Waals surface area (Å²) in [6.07, 6.45) is -3.01. The molecule has 1 aromatic heterocycles. The van der Waals surface area contributed by atoms with E-state index in [-0.39, 0.29) is 29.9 Å². The molecule has 1 amide bonds. The van der Waals surface area contributed by atoms with Gasteiger partial charge in [0, 0.05) is 38.9 Å². The van der Waals surface area contributed by atoms with E-state index < -0.39 is 28.1 Å². The highest BCUT2D eigenvalue weighted by Gasteiger charge is 2.40. The zero-order valence-electron chi connectivity index (χ0n) is 20.4. The Balaban J connectivity index is 0.000000505. The standard InChI is InChI=1S/C22H28N4O4S.C2HF3O2/c23-14-17-6-7-24-21(12-17)31(28,29)26-15-19(18-4-2-1-3-5-18)13-20(16-26)22(27)25-8-10-30-11-9-25;3-2(4,5)1(6)7/h1-7,12,19-20H,8-11,13-16,23H2;(H,6,7)/t19-,20+;/m0./s1. The van der Waals surface area contributed by atoms with Gasteiger partial charge in [0.15, 0.2) is 5.03 Å². The first-order valence-corrected chi connectivity index (χ1v) is 13.2. The number of hydrogen-bond acceptors (Lipinski definition) is 7. The summed E-state index contributed by atoms with van der Waals surface area (Å²) in [5, 5.41) is 7.10. The van der Waals surface area contributed by atoms with E-state index in [0.29, 0.717) is 44.8 Å². The number of aliphatic carboxylic acids is 1. The van der Waals surface area contributed by atoms with Gasteiger partial charge in [-0.2, -0.15) is 17.5 Å². The van der Waals surface area contributed by atoms with Gasteiger partial charge in [0.05, 0.1) is 19.1 Å². The fraction of sp³-hybridized carbons (Fsp3) is 0.458. The van der Waals surface area contributed by atoms with Crippen molar-refractivity contribution in [1.82, 2.24) is 14.2 Å². The van der Waals surface area contributed by atoms with Crippen molar-refractivity contribution in [3.63, 3.8) is 0 Å². The lowest BCUT2D eigenvalue weighted by molar-refractivity contribution is -0.192. The lowest BCUT2D eigenvalue weighted by Gasteiger charge is -2.39. The summed E-state index contributed by atoms with van der Waals surface area (Å²) >= 11 is 0. The highest BCUT2D eigenvalue weighted by Crippen LogP contribution is 2.34. The van der Waals surface area contributed by atoms with E-state index in [0.717, 1.165) is 5.56 Å². The third-order valence-electron chi connectivity index (χ3n) is 6.24. The highest BCUT2D eigenvalue weighted by molar-refractivity contribution is 7.89. The van der Waals surface area contributed by atoms with Crippen LogP contribution in [-0.2, 0) is 30.9 Å². The minimum absolute atomic E-state index is 0.00667. The number of piperidine rings is 1. The Morgan fingerprint density at radius 2 is 1.74 bits per heavy atom. The number of sulfonamides is 1. The molecule has 1 aromatic carbocycles. The van der Waals surface area contributed by atoms with Gasteiger partial charge in [-0.3, -0.25) is 4.79 Å². The average molecular weight is 559 g/mol. The first-order valence-electron chi connectivity index (χ1n) is 11.8. The summed E-state index contributed by atoms with van der Waals surface area (Å²) in [5.74, 6) is -3.25. The molecule has 0 radical (unpaired) electrons. The van der Waals surface area contributed by atoms with Gasteiger partial charge in [0.1, 0.15) is 0 Å². The van der Waals surface area contributed by atoms with Gasteiger partial charge in [0.25, 0.3) is 10.0 Å². The minimum Gasteiger partial charge on any atom is -0.475 e. The topological polar surface area (TPSA) is 143 Å². The van der Waals surface area contributed by atoms with Crippen molar-refractivity contribution >= 4 is 21.9 Å². The summed E-state index contributed by atoms with van der Waals surface area (Å²) in [7, 11) is -3.86. The Labute approximate surface area is 218 Å². The van der Waals surface area contributed by atoms with Gasteiger partial charge in [-0.25, -0.2) is 18.2 Å². The van der Waals surface area contributed by atoms with Gasteiger partial charge in [0.2, 0.25) is 5.91 Å². The van der Waals surface area contributed by atoms with Crippen molar-refractivity contribution in [2.75, 3.05) is 39.4 Å². The largest absolute Gasteiger partial charge is 0.490 e. The van der Waals surface area contributed by atoms with Crippen molar-refractivity contribution < 1.29 is 41.0 Å². The van der Waals surface area contributed by atoms with Crippen LogP contribution >= 0.6 is 0 Å². The van der Waals surface area contributed by atoms with Gasteiger partial charge in [-0.1, -0.05) is 30.3 Å². The maximum Gasteiger partial charge on any atom is 0.490 e. The number of rotatable bonds is 5. The van der Waals surface area contributed by atoms with Crippen LogP contribution in [0.4, 0.5) is 13.2 Å². The molecule has 0 unspecified atom stereocenters. The maximum absolute atomic E-state index is 13.5. The van der Waals surface area contributed by atoms with Crippen molar-refractivity contribution in [3.8, 4) is 0 Å². The smallest absolute Gasteiger partial charge is 0.475 e. The average Bonchev–Trinajstić information content (AvgIpc) is 2.93. The number of hydrogen-bond donors (Lipinski definition) is 2. The Morgan fingerprint density at radius 3 is 2.32 bits per heavy atom. The number of pyridine rings is 1. The number of carboxylic acid groups (broad SMARTS) is 1. The van der Waals surface area contributed by atoms with Crippen LogP contribution in [0, 0.1) is 5.92 Å². The zero-order valence-corrected chi connectivity index (χ0v) is 21.2. The van der Waals surface area contributed by atoms with Crippen LogP contribution in [0.1, 0.15) is 23.5 Å². The van der Waals surface area contributed by atoms with Crippen molar-refractivity contribution in [3.05, 3.63) is 59.8 Å². The second-order valence-corrected chi connectivity index (χ2v) is 10.7. The number of carbonyl (C=O) groups excluding carboxylic acids is 1. The molecule has 3 N–H and O–H groups in total. The lowest BCUT2D eigenvalue weighted by atomic mass is 9.85. The van der Waals surface area contributed by atoms with Crippen molar-refractivity contribution in [1.29, 1.82) is 0 Å². The molecule has 0 spiro atoms. The van der Waals surface area contributed by atoms with E-state index >= 15 is 0 Å². The monoisotopic (exact) mass is 558 g/mol. The number of carbonyl (C=O) groups is 2. The van der Waals surface area contributed by atoms with Gasteiger partial charge in [-0.15, -0.1) is 0 Å². The molecule has 4 rings (SSSR count). The molecule has 2 saturated heterocycles. The summed E-state index contributed by atoms with van der Waals surface area (Å²) < 4.78 is 65.4. The first kappa shape index (κ1) is 29.5. The van der Waals surface area contributed by atoms with Crippen molar-refractivity contribution in [2.45, 2.75) is 30.1 Å². The van der Waals surface area contributed by atoms with E-state index in [1.807, 2.05) is 30.3 Å². The predicted octanol–water partition coefficient (Wildman–Crippen LogP) is 1.83.